The molecule has 0 atom stereocenters. The predicted molar refractivity (Wildman–Crippen MR) is 137 cm³/mol. The molecule has 168 valence electrons. The fourth-order valence-electron chi connectivity index (χ4n) is 3.88. The molecule has 0 radical (unpaired) electrons. The molecule has 1 fully saturated rings. The molecule has 0 unspecified atom stereocenters. The lowest BCUT2D eigenvalue weighted by molar-refractivity contribution is 0.0905. The Kier molecular flexibility index (Phi) is 7.29. The van der Waals surface area contributed by atoms with Crippen molar-refractivity contribution in [2.75, 3.05) is 50.1 Å². The van der Waals surface area contributed by atoms with Gasteiger partial charge in [0.25, 0.3) is 5.91 Å². The average molecular weight is 545 g/mol. The number of carbonyl (C=O) groups is 1. The van der Waals surface area contributed by atoms with Gasteiger partial charge in [-0.05, 0) is 49.6 Å². The van der Waals surface area contributed by atoms with Crippen LogP contribution in [0.4, 0.5) is 11.8 Å². The summed E-state index contributed by atoms with van der Waals surface area (Å²) in [6, 6.07) is 15.4. The van der Waals surface area contributed by atoms with E-state index in [9.17, 15) is 4.79 Å². The van der Waals surface area contributed by atoms with Crippen LogP contribution in [-0.4, -0.2) is 59.3 Å². The Morgan fingerprint density at radius 3 is 2.62 bits per heavy atom. The second-order valence-corrected chi connectivity index (χ2v) is 9.44. The number of amides is 1. The van der Waals surface area contributed by atoms with E-state index in [1.165, 1.54) is 22.4 Å². The first-order valence-electron chi connectivity index (χ1n) is 10.9. The molecule has 1 saturated heterocycles. The van der Waals surface area contributed by atoms with Gasteiger partial charge in [-0.25, -0.2) is 4.98 Å². The number of carbonyl (C=O) groups excluding carboxylic acids is 1. The van der Waals surface area contributed by atoms with Gasteiger partial charge in [0.15, 0.2) is 0 Å². The summed E-state index contributed by atoms with van der Waals surface area (Å²) >= 11 is 1.97. The molecular weight excluding hydrogens is 517 g/mol. The van der Waals surface area contributed by atoms with Crippen molar-refractivity contribution in [2.24, 2.45) is 0 Å². The highest BCUT2D eigenvalue weighted by Gasteiger charge is 2.18. The number of halogens is 1. The van der Waals surface area contributed by atoms with E-state index >= 15 is 0 Å². The highest BCUT2D eigenvalue weighted by atomic mass is 127. The molecule has 32 heavy (non-hydrogen) atoms. The molecule has 0 aliphatic carbocycles. The molecule has 1 aromatic heterocycles. The highest BCUT2D eigenvalue weighted by molar-refractivity contribution is 14.1. The van der Waals surface area contributed by atoms with Gasteiger partial charge in [-0.15, -0.1) is 0 Å². The minimum absolute atomic E-state index is 0.0501. The monoisotopic (exact) mass is 545 g/mol. The van der Waals surface area contributed by atoms with E-state index in [0.29, 0.717) is 24.5 Å². The third-order valence-corrected chi connectivity index (χ3v) is 6.07. The molecule has 1 aliphatic heterocycles. The minimum Gasteiger partial charge on any atom is -0.492 e. The van der Waals surface area contributed by atoms with Crippen molar-refractivity contribution in [3.05, 3.63) is 54.1 Å². The number of aromatic nitrogens is 2. The van der Waals surface area contributed by atoms with Crippen molar-refractivity contribution in [3.63, 3.8) is 0 Å². The maximum atomic E-state index is 12.2. The molecule has 3 aromatic rings. The summed E-state index contributed by atoms with van der Waals surface area (Å²) in [5, 5.41) is 1.04. The van der Waals surface area contributed by atoms with Crippen LogP contribution >= 0.6 is 22.9 Å². The molecule has 0 saturated carbocycles. The second-order valence-electron chi connectivity index (χ2n) is 7.99. The van der Waals surface area contributed by atoms with Crippen LogP contribution in [0.3, 0.4) is 0 Å². The molecular formula is C24H28IN5O2. The summed E-state index contributed by atoms with van der Waals surface area (Å²) in [6.45, 7) is 3.15. The number of ether oxygens (including phenoxy) is 1. The van der Waals surface area contributed by atoms with E-state index in [1.54, 1.807) is 19.2 Å². The molecule has 0 bridgehead atoms. The molecule has 1 amide bonds. The van der Waals surface area contributed by atoms with Crippen LogP contribution in [-0.2, 0) is 0 Å². The van der Waals surface area contributed by atoms with Crippen molar-refractivity contribution >= 4 is 51.4 Å². The zero-order valence-electron chi connectivity index (χ0n) is 18.5. The Balaban J connectivity index is 1.48. The third-order valence-electron chi connectivity index (χ3n) is 5.63. The molecule has 0 N–H and O–H groups in total. The van der Waals surface area contributed by atoms with Crippen molar-refractivity contribution in [1.29, 1.82) is 0 Å². The van der Waals surface area contributed by atoms with Crippen molar-refractivity contribution in [3.8, 4) is 5.75 Å². The van der Waals surface area contributed by atoms with Crippen molar-refractivity contribution < 1.29 is 9.53 Å². The number of rotatable bonds is 7. The highest BCUT2D eigenvalue weighted by Crippen LogP contribution is 2.27. The first-order valence-corrected chi connectivity index (χ1v) is 11.9. The second kappa shape index (κ2) is 10.3. The number of fused-ring (bicyclic) bond motifs is 1. The van der Waals surface area contributed by atoms with E-state index < -0.39 is 0 Å². The zero-order valence-corrected chi connectivity index (χ0v) is 20.7. The SMILES string of the molecule is CN(I)C(=O)c1cccc(OCCN(C)c2nc(N3CCCCC3)nc3ccccc23)c1. The van der Waals surface area contributed by atoms with E-state index in [1.807, 2.05) is 60.2 Å². The van der Waals surface area contributed by atoms with Gasteiger partial charge < -0.3 is 14.5 Å². The van der Waals surface area contributed by atoms with Gasteiger partial charge in [0.2, 0.25) is 5.95 Å². The number of hydrogen-bond acceptors (Lipinski definition) is 6. The number of likely N-dealkylation sites (N-methyl/N-ethyl adjacent to an activating group) is 1. The number of para-hydroxylation sites is 1. The Morgan fingerprint density at radius 2 is 1.84 bits per heavy atom. The predicted octanol–water partition coefficient (Wildman–Crippen LogP) is 4.56. The smallest absolute Gasteiger partial charge is 0.262 e. The van der Waals surface area contributed by atoms with Crippen LogP contribution in [0.2, 0.25) is 0 Å². The van der Waals surface area contributed by atoms with Crippen LogP contribution < -0.4 is 14.5 Å². The molecule has 8 heteroatoms. The van der Waals surface area contributed by atoms with Crippen LogP contribution in [0.5, 0.6) is 5.75 Å². The standard InChI is InChI=1S/C24H28IN5O2/c1-28(15-16-32-19-10-8-9-18(17-19)23(31)29(2)25)22-20-11-4-5-12-21(20)26-24(27-22)30-13-6-3-7-14-30/h4-5,8-12,17H,3,6-7,13-16H2,1-2H3. The first-order chi connectivity index (χ1) is 15.5. The fraction of sp³-hybridized carbons (Fsp3) is 0.375. The average Bonchev–Trinajstić information content (AvgIpc) is 2.83. The van der Waals surface area contributed by atoms with Gasteiger partial charge in [-0.1, -0.05) is 18.2 Å². The van der Waals surface area contributed by atoms with Crippen molar-refractivity contribution in [2.45, 2.75) is 19.3 Å². The largest absolute Gasteiger partial charge is 0.492 e. The Bertz CT molecular complexity index is 1080. The lowest BCUT2D eigenvalue weighted by Gasteiger charge is -2.28. The van der Waals surface area contributed by atoms with Crippen LogP contribution in [0.1, 0.15) is 29.6 Å². The number of nitrogens with zero attached hydrogens (tertiary/aromatic N) is 5. The molecule has 0 spiro atoms. The van der Waals surface area contributed by atoms with E-state index in [2.05, 4.69) is 15.9 Å². The first kappa shape index (κ1) is 22.6. The molecule has 1 aliphatic rings. The normalized spacial score (nSPS) is 13.8. The van der Waals surface area contributed by atoms with E-state index in [-0.39, 0.29) is 5.91 Å². The third kappa shape index (κ3) is 5.23. The summed E-state index contributed by atoms with van der Waals surface area (Å²) in [4.78, 5) is 26.4. The number of piperidine rings is 1. The quantitative estimate of drug-likeness (QED) is 0.321. The number of anilines is 2. The van der Waals surface area contributed by atoms with Crippen LogP contribution in [0, 0.1) is 0 Å². The Labute approximate surface area is 202 Å². The Hall–Kier alpha value is -2.62. The maximum absolute atomic E-state index is 12.2. The van der Waals surface area contributed by atoms with Gasteiger partial charge >= 0.3 is 0 Å². The van der Waals surface area contributed by atoms with E-state index in [0.717, 1.165) is 35.8 Å². The van der Waals surface area contributed by atoms with Crippen LogP contribution in [0.15, 0.2) is 48.5 Å². The maximum Gasteiger partial charge on any atom is 0.262 e. The summed E-state index contributed by atoms with van der Waals surface area (Å²) in [7, 11) is 3.76. The number of benzene rings is 2. The fourth-order valence-corrected chi connectivity index (χ4v) is 4.16. The lowest BCUT2D eigenvalue weighted by atomic mass is 10.1. The minimum atomic E-state index is -0.0501. The number of hydrogen-bond donors (Lipinski definition) is 0. The summed E-state index contributed by atoms with van der Waals surface area (Å²) < 4.78 is 7.49. The van der Waals surface area contributed by atoms with Crippen LogP contribution in [0.25, 0.3) is 10.9 Å². The van der Waals surface area contributed by atoms with Gasteiger partial charge in [0, 0.05) is 38.1 Å². The van der Waals surface area contributed by atoms with E-state index in [4.69, 9.17) is 14.7 Å². The topological polar surface area (TPSA) is 61.8 Å². The molecule has 7 nitrogen and oxygen atoms in total. The van der Waals surface area contributed by atoms with Gasteiger partial charge in [0.1, 0.15) is 18.2 Å². The van der Waals surface area contributed by atoms with Crippen molar-refractivity contribution in [1.82, 2.24) is 13.1 Å². The zero-order chi connectivity index (χ0) is 22.5. The summed E-state index contributed by atoms with van der Waals surface area (Å²) in [5.41, 5.74) is 1.57. The molecule has 2 aromatic carbocycles. The summed E-state index contributed by atoms with van der Waals surface area (Å²) in [5.74, 6) is 2.35. The summed E-state index contributed by atoms with van der Waals surface area (Å²) in [6.07, 6.45) is 3.64. The van der Waals surface area contributed by atoms with Gasteiger partial charge in [-0.2, -0.15) is 4.98 Å². The lowest BCUT2D eigenvalue weighted by Crippen LogP contribution is -2.32. The molecule has 4 rings (SSSR count). The van der Waals surface area contributed by atoms with Gasteiger partial charge in [0.05, 0.1) is 34.9 Å². The Morgan fingerprint density at radius 1 is 1.06 bits per heavy atom. The molecule has 2 heterocycles. The van der Waals surface area contributed by atoms with Gasteiger partial charge in [-0.3, -0.25) is 7.91 Å².